The van der Waals surface area contributed by atoms with Crippen LogP contribution in [-0.4, -0.2) is 34.2 Å². The third-order valence-corrected chi connectivity index (χ3v) is 3.09. The maximum Gasteiger partial charge on any atom is 0.363 e. The van der Waals surface area contributed by atoms with Crippen LogP contribution in [0.3, 0.4) is 0 Å². The first-order valence-electron chi connectivity index (χ1n) is 5.70. The average molecular weight is 237 g/mol. The Morgan fingerprint density at radius 2 is 2.35 bits per heavy atom. The van der Waals surface area contributed by atoms with E-state index in [1.165, 1.54) is 12.3 Å². The van der Waals surface area contributed by atoms with E-state index in [1.807, 2.05) is 0 Å². The largest absolute Gasteiger partial charge is 0.394 e. The quantitative estimate of drug-likeness (QED) is 0.634. The number of hydrogen-bond donors (Lipinski definition) is 1. The van der Waals surface area contributed by atoms with E-state index in [9.17, 15) is 15.2 Å². The van der Waals surface area contributed by atoms with Crippen molar-refractivity contribution in [1.29, 1.82) is 0 Å². The van der Waals surface area contributed by atoms with Crippen LogP contribution < -0.4 is 4.90 Å². The van der Waals surface area contributed by atoms with Gasteiger partial charge in [-0.05, 0) is 35.2 Å². The van der Waals surface area contributed by atoms with Crippen LogP contribution in [0, 0.1) is 10.1 Å². The van der Waals surface area contributed by atoms with Crippen molar-refractivity contribution in [3.05, 3.63) is 28.4 Å². The van der Waals surface area contributed by atoms with Crippen LogP contribution in [0.1, 0.15) is 19.3 Å². The van der Waals surface area contributed by atoms with E-state index in [2.05, 4.69) is 9.88 Å². The number of piperidine rings is 1. The van der Waals surface area contributed by atoms with Crippen LogP contribution in [0.2, 0.25) is 0 Å². The second kappa shape index (κ2) is 5.09. The topological polar surface area (TPSA) is 79.5 Å². The monoisotopic (exact) mass is 237 g/mol. The summed E-state index contributed by atoms with van der Waals surface area (Å²) in [5.41, 5.74) is 0.842. The van der Waals surface area contributed by atoms with Crippen molar-refractivity contribution in [2.75, 3.05) is 18.1 Å². The molecule has 6 nitrogen and oxygen atoms in total. The van der Waals surface area contributed by atoms with Gasteiger partial charge in [0.05, 0.1) is 18.3 Å². The Morgan fingerprint density at radius 1 is 1.53 bits per heavy atom. The van der Waals surface area contributed by atoms with E-state index < -0.39 is 4.92 Å². The van der Waals surface area contributed by atoms with Crippen LogP contribution in [0.4, 0.5) is 11.5 Å². The number of pyridine rings is 1. The number of hydrogen-bond acceptors (Lipinski definition) is 5. The Labute approximate surface area is 99.0 Å². The molecular formula is C11H15N3O3. The Morgan fingerprint density at radius 3 is 2.94 bits per heavy atom. The van der Waals surface area contributed by atoms with E-state index >= 15 is 0 Å². The summed E-state index contributed by atoms with van der Waals surface area (Å²) in [5.74, 6) is -0.147. The summed E-state index contributed by atoms with van der Waals surface area (Å²) < 4.78 is 0. The van der Waals surface area contributed by atoms with Gasteiger partial charge in [0.2, 0.25) is 0 Å². The van der Waals surface area contributed by atoms with Crippen molar-refractivity contribution in [3.63, 3.8) is 0 Å². The predicted octanol–water partition coefficient (Wildman–Crippen LogP) is 1.34. The lowest BCUT2D eigenvalue weighted by molar-refractivity contribution is -0.389. The smallest absolute Gasteiger partial charge is 0.363 e. The van der Waals surface area contributed by atoms with Crippen molar-refractivity contribution < 1.29 is 10.0 Å². The molecule has 0 radical (unpaired) electrons. The number of nitrogens with zero attached hydrogens (tertiary/aromatic N) is 3. The molecule has 6 heteroatoms. The van der Waals surface area contributed by atoms with Gasteiger partial charge in [-0.3, -0.25) is 0 Å². The molecule has 0 bridgehead atoms. The highest BCUT2D eigenvalue weighted by Gasteiger charge is 2.23. The molecular weight excluding hydrogens is 222 g/mol. The summed E-state index contributed by atoms with van der Waals surface area (Å²) in [6.07, 6.45) is 4.65. The van der Waals surface area contributed by atoms with E-state index in [0.717, 1.165) is 31.5 Å². The Balaban J connectivity index is 2.17. The van der Waals surface area contributed by atoms with Gasteiger partial charge in [0.15, 0.2) is 6.20 Å². The minimum Gasteiger partial charge on any atom is -0.394 e. The first kappa shape index (κ1) is 11.8. The van der Waals surface area contributed by atoms with Crippen molar-refractivity contribution in [2.45, 2.75) is 25.3 Å². The highest BCUT2D eigenvalue weighted by atomic mass is 16.6. The average Bonchev–Trinajstić information content (AvgIpc) is 2.39. The predicted molar refractivity (Wildman–Crippen MR) is 63.0 cm³/mol. The molecule has 1 aromatic rings. The Kier molecular flexibility index (Phi) is 3.53. The molecule has 2 rings (SSSR count). The summed E-state index contributed by atoms with van der Waals surface area (Å²) in [7, 11) is 0. The van der Waals surface area contributed by atoms with Crippen LogP contribution >= 0.6 is 0 Å². The lowest BCUT2D eigenvalue weighted by Crippen LogP contribution is -2.41. The molecule has 92 valence electrons. The first-order chi connectivity index (χ1) is 8.22. The van der Waals surface area contributed by atoms with E-state index in [0.29, 0.717) is 0 Å². The molecule has 1 fully saturated rings. The molecule has 1 aromatic heterocycles. The van der Waals surface area contributed by atoms with E-state index in [4.69, 9.17) is 0 Å². The molecule has 1 aliphatic heterocycles. The van der Waals surface area contributed by atoms with Crippen LogP contribution in [0.25, 0.3) is 0 Å². The second-order valence-corrected chi connectivity index (χ2v) is 4.16. The highest BCUT2D eigenvalue weighted by Crippen LogP contribution is 2.24. The lowest BCUT2D eigenvalue weighted by Gasteiger charge is -2.35. The molecule has 0 aliphatic carbocycles. The SMILES string of the molecule is O=[N+]([O-])c1ccc(N2CCCCC2CO)cn1. The van der Waals surface area contributed by atoms with Gasteiger partial charge in [0, 0.05) is 12.6 Å². The van der Waals surface area contributed by atoms with Gasteiger partial charge < -0.3 is 20.1 Å². The molecule has 17 heavy (non-hydrogen) atoms. The molecule has 0 saturated carbocycles. The fraction of sp³-hybridized carbons (Fsp3) is 0.545. The van der Waals surface area contributed by atoms with Crippen molar-refractivity contribution in [1.82, 2.24) is 4.98 Å². The third-order valence-electron chi connectivity index (χ3n) is 3.09. The fourth-order valence-electron chi connectivity index (χ4n) is 2.19. The van der Waals surface area contributed by atoms with Gasteiger partial charge in [0.1, 0.15) is 0 Å². The number of aromatic nitrogens is 1. The molecule has 0 amide bonds. The standard InChI is InChI=1S/C11H15N3O3/c15-8-10-3-1-2-6-13(10)9-4-5-11(12-7-9)14(16)17/h4-5,7,10,15H,1-3,6,8H2. The van der Waals surface area contributed by atoms with Crippen LogP contribution in [0.15, 0.2) is 18.3 Å². The van der Waals surface area contributed by atoms with Crippen molar-refractivity contribution in [3.8, 4) is 0 Å². The number of rotatable bonds is 3. The summed E-state index contributed by atoms with van der Waals surface area (Å²) in [5, 5.41) is 19.8. The van der Waals surface area contributed by atoms with Gasteiger partial charge in [-0.25, -0.2) is 0 Å². The molecule has 1 unspecified atom stereocenters. The van der Waals surface area contributed by atoms with Crippen LogP contribution in [0.5, 0.6) is 0 Å². The zero-order valence-corrected chi connectivity index (χ0v) is 9.45. The zero-order valence-electron chi connectivity index (χ0n) is 9.45. The van der Waals surface area contributed by atoms with Gasteiger partial charge in [-0.15, -0.1) is 0 Å². The first-order valence-corrected chi connectivity index (χ1v) is 5.70. The highest BCUT2D eigenvalue weighted by molar-refractivity contribution is 5.47. The summed E-state index contributed by atoms with van der Waals surface area (Å²) in [6.45, 7) is 0.974. The molecule has 1 aliphatic rings. The van der Waals surface area contributed by atoms with Crippen LogP contribution in [-0.2, 0) is 0 Å². The fourth-order valence-corrected chi connectivity index (χ4v) is 2.19. The van der Waals surface area contributed by atoms with Crippen molar-refractivity contribution in [2.24, 2.45) is 0 Å². The van der Waals surface area contributed by atoms with E-state index in [1.54, 1.807) is 6.07 Å². The zero-order chi connectivity index (χ0) is 12.3. The third kappa shape index (κ3) is 2.52. The summed E-state index contributed by atoms with van der Waals surface area (Å²) in [4.78, 5) is 15.9. The molecule has 1 atom stereocenters. The number of anilines is 1. The molecule has 2 heterocycles. The number of aliphatic hydroxyl groups is 1. The normalized spacial score (nSPS) is 20.3. The minimum atomic E-state index is -0.510. The van der Waals surface area contributed by atoms with Crippen molar-refractivity contribution >= 4 is 11.5 Å². The lowest BCUT2D eigenvalue weighted by atomic mass is 10.0. The molecule has 0 spiro atoms. The van der Waals surface area contributed by atoms with Gasteiger partial charge in [-0.1, -0.05) is 0 Å². The maximum absolute atomic E-state index is 10.5. The maximum atomic E-state index is 10.5. The van der Waals surface area contributed by atoms with E-state index in [-0.39, 0.29) is 18.5 Å². The summed E-state index contributed by atoms with van der Waals surface area (Å²) in [6, 6.07) is 3.20. The molecule has 1 N–H and O–H groups in total. The number of aliphatic hydroxyl groups excluding tert-OH is 1. The second-order valence-electron chi connectivity index (χ2n) is 4.16. The Hall–Kier alpha value is -1.69. The summed E-state index contributed by atoms with van der Waals surface area (Å²) >= 11 is 0. The Bertz CT molecular complexity index is 393. The minimum absolute atomic E-state index is 0.104. The van der Waals surface area contributed by atoms with Gasteiger partial charge in [0.25, 0.3) is 0 Å². The number of nitro groups is 1. The molecule has 0 aromatic carbocycles. The molecule has 1 saturated heterocycles. The van der Waals surface area contributed by atoms with Gasteiger partial charge >= 0.3 is 5.82 Å². The van der Waals surface area contributed by atoms with Gasteiger partial charge in [-0.2, -0.15) is 0 Å².